The van der Waals surface area contributed by atoms with Crippen LogP contribution in [0, 0.1) is 17.3 Å². The first-order valence-electron chi connectivity index (χ1n) is 9.39. The molecular weight excluding hydrogens is 340 g/mol. The van der Waals surface area contributed by atoms with E-state index < -0.39 is 43.4 Å². The Hall–Kier alpha value is -0.540. The van der Waals surface area contributed by atoms with Gasteiger partial charge in [0.1, 0.15) is 24.4 Å². The van der Waals surface area contributed by atoms with Gasteiger partial charge in [-0.25, -0.2) is 0 Å². The van der Waals surface area contributed by atoms with Gasteiger partial charge in [-0.15, -0.1) is 0 Å². The number of rotatable bonds is 5. The Balaban J connectivity index is 2.05. The van der Waals surface area contributed by atoms with Crippen LogP contribution in [0.25, 0.3) is 0 Å². The minimum Gasteiger partial charge on any atom is -0.394 e. The summed E-state index contributed by atoms with van der Waals surface area (Å²) in [6, 6.07) is 0. The van der Waals surface area contributed by atoms with Crippen molar-refractivity contribution in [3.63, 3.8) is 0 Å². The van der Waals surface area contributed by atoms with E-state index in [4.69, 9.17) is 9.47 Å². The van der Waals surface area contributed by atoms with E-state index in [9.17, 15) is 25.5 Å². The molecule has 0 bridgehead atoms. The van der Waals surface area contributed by atoms with Crippen LogP contribution in [0.1, 0.15) is 40.5 Å². The van der Waals surface area contributed by atoms with Gasteiger partial charge >= 0.3 is 0 Å². The first-order chi connectivity index (χ1) is 12.1. The van der Waals surface area contributed by atoms with Crippen LogP contribution in [-0.2, 0) is 9.47 Å². The summed E-state index contributed by atoms with van der Waals surface area (Å²) in [5.74, 6) is 0.579. The maximum absolute atomic E-state index is 10.2. The predicted octanol–water partition coefficient (Wildman–Crippen LogP) is 0.181. The maximum atomic E-state index is 10.2. The van der Waals surface area contributed by atoms with E-state index in [1.54, 1.807) is 6.92 Å². The quantitative estimate of drug-likeness (QED) is 0.436. The number of allylic oxidation sites excluding steroid dienone is 1. The van der Waals surface area contributed by atoms with Gasteiger partial charge in [-0.05, 0) is 37.0 Å². The highest BCUT2D eigenvalue weighted by Crippen LogP contribution is 2.46. The van der Waals surface area contributed by atoms with Crippen molar-refractivity contribution in [1.29, 1.82) is 0 Å². The normalized spacial score (nSPS) is 45.0. The fourth-order valence-electron chi connectivity index (χ4n) is 4.34. The summed E-state index contributed by atoms with van der Waals surface area (Å²) in [4.78, 5) is 0. The molecule has 1 aliphatic heterocycles. The molecule has 1 aliphatic carbocycles. The van der Waals surface area contributed by atoms with Gasteiger partial charge in [0.15, 0.2) is 6.29 Å². The number of hydrogen-bond acceptors (Lipinski definition) is 7. The molecule has 2 aliphatic rings. The fraction of sp³-hybridized carbons (Fsp3) is 0.895. The zero-order chi connectivity index (χ0) is 19.6. The molecule has 1 saturated heterocycles. The molecule has 26 heavy (non-hydrogen) atoms. The second-order valence-corrected chi connectivity index (χ2v) is 8.51. The molecular formula is C19H34O7. The smallest absolute Gasteiger partial charge is 0.186 e. The number of ether oxygens (including phenoxy) is 2. The van der Waals surface area contributed by atoms with E-state index in [-0.39, 0.29) is 17.4 Å². The van der Waals surface area contributed by atoms with Crippen LogP contribution in [0.3, 0.4) is 0 Å². The van der Waals surface area contributed by atoms with E-state index in [0.717, 1.165) is 12.8 Å². The fourth-order valence-corrected chi connectivity index (χ4v) is 4.34. The third-order valence-electron chi connectivity index (χ3n) is 5.68. The Morgan fingerprint density at radius 2 is 1.85 bits per heavy atom. The highest BCUT2D eigenvalue weighted by Gasteiger charge is 2.47. The molecule has 7 heteroatoms. The van der Waals surface area contributed by atoms with Crippen molar-refractivity contribution < 1.29 is 35.0 Å². The number of aliphatic hydroxyl groups is 5. The van der Waals surface area contributed by atoms with Crippen LogP contribution in [0.4, 0.5) is 0 Å². The molecule has 0 aromatic heterocycles. The van der Waals surface area contributed by atoms with Gasteiger partial charge in [-0.2, -0.15) is 0 Å². The second-order valence-electron chi connectivity index (χ2n) is 8.51. The highest BCUT2D eigenvalue weighted by molar-refractivity contribution is 5.03. The molecule has 1 saturated carbocycles. The van der Waals surface area contributed by atoms with Gasteiger partial charge in [0.25, 0.3) is 0 Å². The van der Waals surface area contributed by atoms with Crippen LogP contribution < -0.4 is 0 Å². The summed E-state index contributed by atoms with van der Waals surface area (Å²) in [6.45, 7) is 7.67. The summed E-state index contributed by atoms with van der Waals surface area (Å²) in [5.41, 5.74) is -0.0815. The molecule has 0 spiro atoms. The van der Waals surface area contributed by atoms with Crippen molar-refractivity contribution in [2.75, 3.05) is 6.61 Å². The third-order valence-corrected chi connectivity index (χ3v) is 5.68. The molecule has 9 atom stereocenters. The summed E-state index contributed by atoms with van der Waals surface area (Å²) in [6.07, 6.45) is -1.57. The Kier molecular flexibility index (Phi) is 7.23. The van der Waals surface area contributed by atoms with Crippen molar-refractivity contribution in [3.8, 4) is 0 Å². The molecule has 7 nitrogen and oxygen atoms in total. The number of aliphatic hydroxyl groups excluding tert-OH is 5. The van der Waals surface area contributed by atoms with Gasteiger partial charge in [-0.3, -0.25) is 0 Å². The summed E-state index contributed by atoms with van der Waals surface area (Å²) in [5, 5.41) is 48.7. The van der Waals surface area contributed by atoms with E-state index in [0.29, 0.717) is 5.92 Å². The van der Waals surface area contributed by atoms with Crippen LogP contribution >= 0.6 is 0 Å². The van der Waals surface area contributed by atoms with Gasteiger partial charge in [0.2, 0.25) is 0 Å². The molecule has 2 fully saturated rings. The van der Waals surface area contributed by atoms with E-state index in [1.165, 1.54) is 0 Å². The molecule has 0 aromatic carbocycles. The lowest BCUT2D eigenvalue weighted by Gasteiger charge is -2.47. The van der Waals surface area contributed by atoms with Crippen LogP contribution in [0.15, 0.2) is 12.2 Å². The summed E-state index contributed by atoms with van der Waals surface area (Å²) < 4.78 is 11.4. The monoisotopic (exact) mass is 374 g/mol. The van der Waals surface area contributed by atoms with Crippen LogP contribution in [0.5, 0.6) is 0 Å². The Morgan fingerprint density at radius 3 is 2.38 bits per heavy atom. The average molecular weight is 374 g/mol. The first kappa shape index (κ1) is 21.8. The van der Waals surface area contributed by atoms with E-state index in [2.05, 4.69) is 26.8 Å². The molecule has 152 valence electrons. The minimum absolute atomic E-state index is 0.0815. The number of hydrogen-bond donors (Lipinski definition) is 5. The summed E-state index contributed by atoms with van der Waals surface area (Å²) >= 11 is 0. The van der Waals surface area contributed by atoms with Crippen molar-refractivity contribution in [2.45, 2.75) is 83.5 Å². The molecule has 0 unspecified atom stereocenters. The maximum Gasteiger partial charge on any atom is 0.186 e. The van der Waals surface area contributed by atoms with Gasteiger partial charge < -0.3 is 35.0 Å². The first-order valence-corrected chi connectivity index (χ1v) is 9.39. The molecule has 0 aromatic rings. The van der Waals surface area contributed by atoms with E-state index in [1.807, 2.05) is 6.08 Å². The van der Waals surface area contributed by atoms with Crippen LogP contribution in [-0.4, -0.2) is 75.1 Å². The SMILES string of the molecule is C[C@@H](O)C=C[C@H]1[C@@H](C)C[C@H](O[C@@H]2O[C@H](CO)[C@@H](O)[C@H](O)[C@H]2O)CC1(C)C. The zero-order valence-corrected chi connectivity index (χ0v) is 16.0. The standard InChI is InChI=1S/C19H34O7/c1-10-7-12(8-19(3,4)13(10)6-5-11(2)21)25-18-17(24)16(23)15(22)14(9-20)26-18/h5-6,10-18,20-24H,7-9H2,1-4H3/t10-,11+,12-,13-,14+,15+,16-,17+,18+/m0/s1. The zero-order valence-electron chi connectivity index (χ0n) is 16.0. The molecule has 2 rings (SSSR count). The Labute approximate surface area is 155 Å². The van der Waals surface area contributed by atoms with Gasteiger partial charge in [0, 0.05) is 0 Å². The summed E-state index contributed by atoms with van der Waals surface area (Å²) in [7, 11) is 0. The highest BCUT2D eigenvalue weighted by atomic mass is 16.7. The Morgan fingerprint density at radius 1 is 1.19 bits per heavy atom. The molecule has 1 heterocycles. The Bertz CT molecular complexity index is 477. The molecule has 0 amide bonds. The van der Waals surface area contributed by atoms with Gasteiger partial charge in [-0.1, -0.05) is 32.9 Å². The van der Waals surface area contributed by atoms with Crippen molar-refractivity contribution in [3.05, 3.63) is 12.2 Å². The van der Waals surface area contributed by atoms with Gasteiger partial charge in [0.05, 0.1) is 18.8 Å². The van der Waals surface area contributed by atoms with Crippen molar-refractivity contribution in [1.82, 2.24) is 0 Å². The third kappa shape index (κ3) is 4.84. The topological polar surface area (TPSA) is 120 Å². The lowest BCUT2D eigenvalue weighted by atomic mass is 9.63. The van der Waals surface area contributed by atoms with E-state index >= 15 is 0 Å². The lowest BCUT2D eigenvalue weighted by molar-refractivity contribution is -0.316. The van der Waals surface area contributed by atoms with Crippen LogP contribution in [0.2, 0.25) is 0 Å². The lowest BCUT2D eigenvalue weighted by Crippen LogP contribution is -2.60. The second kappa shape index (κ2) is 8.65. The predicted molar refractivity (Wildman–Crippen MR) is 95.1 cm³/mol. The van der Waals surface area contributed by atoms with Crippen molar-refractivity contribution in [2.24, 2.45) is 17.3 Å². The average Bonchev–Trinajstić information content (AvgIpc) is 2.53. The minimum atomic E-state index is -1.43. The molecule has 5 N–H and O–H groups in total. The largest absolute Gasteiger partial charge is 0.394 e. The molecule has 0 radical (unpaired) electrons. The van der Waals surface area contributed by atoms with Crippen molar-refractivity contribution >= 4 is 0 Å².